The number of carbonyl (C=O) groups excluding carboxylic acids is 1. The minimum Gasteiger partial charge on any atom is -0.365 e. The fourth-order valence-corrected chi connectivity index (χ4v) is 3.55. The van der Waals surface area contributed by atoms with Crippen LogP contribution in [0, 0.1) is 0 Å². The topological polar surface area (TPSA) is 106 Å². The predicted molar refractivity (Wildman–Crippen MR) is 94.1 cm³/mol. The second-order valence-electron chi connectivity index (χ2n) is 5.66. The second-order valence-corrected chi connectivity index (χ2v) is 6.57. The zero-order chi connectivity index (χ0) is 16.5. The Morgan fingerprint density at radius 2 is 2.29 bits per heavy atom. The zero-order valence-corrected chi connectivity index (χ0v) is 13.6. The van der Waals surface area contributed by atoms with Gasteiger partial charge in [-0.1, -0.05) is 0 Å². The van der Waals surface area contributed by atoms with Crippen molar-refractivity contribution in [2.75, 3.05) is 18.4 Å². The van der Waals surface area contributed by atoms with Gasteiger partial charge in [0.1, 0.15) is 11.5 Å². The number of thiophene rings is 1. The van der Waals surface area contributed by atoms with Gasteiger partial charge in [-0.3, -0.25) is 9.78 Å². The predicted octanol–water partition coefficient (Wildman–Crippen LogP) is 1.63. The van der Waals surface area contributed by atoms with E-state index in [1.54, 1.807) is 29.7 Å². The summed E-state index contributed by atoms with van der Waals surface area (Å²) in [6.45, 7) is 1.93. The number of nitrogens with zero attached hydrogens (tertiary/aromatic N) is 3. The normalized spacial score (nSPS) is 17.2. The summed E-state index contributed by atoms with van der Waals surface area (Å²) in [5, 5.41) is 8.85. The van der Waals surface area contributed by atoms with Gasteiger partial charge in [-0.05, 0) is 36.5 Å². The minimum absolute atomic E-state index is 0.205. The van der Waals surface area contributed by atoms with E-state index in [2.05, 4.69) is 25.6 Å². The monoisotopic (exact) mass is 340 g/mol. The molecule has 8 heteroatoms. The molecular weight excluding hydrogens is 324 g/mol. The van der Waals surface area contributed by atoms with Crippen LogP contribution in [0.25, 0.3) is 21.6 Å². The summed E-state index contributed by atoms with van der Waals surface area (Å²) >= 11 is 1.61. The van der Waals surface area contributed by atoms with E-state index in [-0.39, 0.29) is 5.69 Å². The van der Waals surface area contributed by atoms with Crippen LogP contribution in [0.5, 0.6) is 0 Å². The maximum Gasteiger partial charge on any atom is 0.267 e. The molecule has 1 aliphatic rings. The van der Waals surface area contributed by atoms with Gasteiger partial charge in [0, 0.05) is 24.3 Å². The Bertz CT molecular complexity index is 902. The van der Waals surface area contributed by atoms with Crippen molar-refractivity contribution in [3.63, 3.8) is 0 Å². The number of pyridine rings is 1. The van der Waals surface area contributed by atoms with E-state index in [0.717, 1.165) is 41.1 Å². The fourth-order valence-electron chi connectivity index (χ4n) is 2.77. The van der Waals surface area contributed by atoms with E-state index in [0.29, 0.717) is 11.9 Å². The van der Waals surface area contributed by atoms with Crippen molar-refractivity contribution in [3.8, 4) is 11.4 Å². The molecule has 1 amide bonds. The number of anilines is 1. The first-order valence-electron chi connectivity index (χ1n) is 7.69. The number of primary amides is 1. The van der Waals surface area contributed by atoms with Gasteiger partial charge in [-0.25, -0.2) is 9.97 Å². The summed E-state index contributed by atoms with van der Waals surface area (Å²) in [5.41, 5.74) is 7.13. The third kappa shape index (κ3) is 2.81. The van der Waals surface area contributed by atoms with Crippen molar-refractivity contribution in [1.29, 1.82) is 0 Å². The number of nitrogens with two attached hydrogens (primary N) is 1. The van der Waals surface area contributed by atoms with E-state index >= 15 is 0 Å². The SMILES string of the molecule is NC(=O)c1cc(-c2nc(N[C@@H]3CCNC3)c3sccc3n2)ccn1. The van der Waals surface area contributed by atoms with Gasteiger partial charge < -0.3 is 16.4 Å². The van der Waals surface area contributed by atoms with Crippen LogP contribution < -0.4 is 16.4 Å². The molecule has 0 aromatic carbocycles. The lowest BCUT2D eigenvalue weighted by molar-refractivity contribution is 0.0995. The fraction of sp³-hybridized carbons (Fsp3) is 0.250. The van der Waals surface area contributed by atoms with Crippen LogP contribution >= 0.6 is 11.3 Å². The largest absolute Gasteiger partial charge is 0.365 e. The first kappa shape index (κ1) is 15.0. The molecule has 122 valence electrons. The van der Waals surface area contributed by atoms with Crippen LogP contribution in [0.2, 0.25) is 0 Å². The van der Waals surface area contributed by atoms with Gasteiger partial charge in [0.05, 0.1) is 10.2 Å². The van der Waals surface area contributed by atoms with Gasteiger partial charge in [0.15, 0.2) is 5.82 Å². The van der Waals surface area contributed by atoms with Crippen molar-refractivity contribution >= 4 is 33.3 Å². The smallest absolute Gasteiger partial charge is 0.267 e. The average molecular weight is 340 g/mol. The molecular formula is C16H16N6OS. The number of rotatable bonds is 4. The summed E-state index contributed by atoms with van der Waals surface area (Å²) in [4.78, 5) is 24.6. The maximum absolute atomic E-state index is 11.4. The number of carbonyl (C=O) groups is 1. The Labute approximate surface area is 142 Å². The highest BCUT2D eigenvalue weighted by Crippen LogP contribution is 2.30. The molecule has 0 aliphatic carbocycles. The zero-order valence-electron chi connectivity index (χ0n) is 12.8. The molecule has 4 N–H and O–H groups in total. The van der Waals surface area contributed by atoms with Gasteiger partial charge in [-0.15, -0.1) is 11.3 Å². The molecule has 7 nitrogen and oxygen atoms in total. The number of nitrogens with one attached hydrogen (secondary N) is 2. The Balaban J connectivity index is 1.78. The molecule has 3 aromatic heterocycles. The molecule has 0 saturated carbocycles. The van der Waals surface area contributed by atoms with Crippen LogP contribution in [0.15, 0.2) is 29.8 Å². The van der Waals surface area contributed by atoms with Crippen molar-refractivity contribution in [2.24, 2.45) is 5.73 Å². The lowest BCUT2D eigenvalue weighted by Gasteiger charge is -2.13. The van der Waals surface area contributed by atoms with Crippen LogP contribution in [-0.4, -0.2) is 40.0 Å². The summed E-state index contributed by atoms with van der Waals surface area (Å²) in [5.74, 6) is 0.819. The molecule has 1 fully saturated rings. The average Bonchev–Trinajstić information content (AvgIpc) is 3.26. The molecule has 4 rings (SSSR count). The lowest BCUT2D eigenvalue weighted by Crippen LogP contribution is -2.22. The van der Waals surface area contributed by atoms with Crippen molar-refractivity contribution < 1.29 is 4.79 Å². The summed E-state index contributed by atoms with van der Waals surface area (Å²) in [6.07, 6.45) is 2.61. The van der Waals surface area contributed by atoms with Crippen LogP contribution in [0.3, 0.4) is 0 Å². The first-order chi connectivity index (χ1) is 11.7. The number of hydrogen-bond donors (Lipinski definition) is 3. The number of aromatic nitrogens is 3. The summed E-state index contributed by atoms with van der Waals surface area (Å²) in [7, 11) is 0. The standard InChI is InChI=1S/C16H16N6OS/c17-14(23)12-7-9(1-5-19-12)15-21-11-3-6-24-13(11)16(22-15)20-10-2-4-18-8-10/h1,3,5-7,10,18H,2,4,8H2,(H2,17,23)(H,20,21,22)/t10-/m1/s1. The van der Waals surface area contributed by atoms with Crippen molar-refractivity contribution in [3.05, 3.63) is 35.5 Å². The quantitative estimate of drug-likeness (QED) is 0.666. The molecule has 24 heavy (non-hydrogen) atoms. The number of amides is 1. The second kappa shape index (κ2) is 6.14. The third-order valence-corrected chi connectivity index (χ3v) is 4.89. The minimum atomic E-state index is -0.566. The van der Waals surface area contributed by atoms with Gasteiger partial charge in [-0.2, -0.15) is 0 Å². The van der Waals surface area contributed by atoms with Gasteiger partial charge in [0.25, 0.3) is 5.91 Å². The Morgan fingerprint density at radius 1 is 1.38 bits per heavy atom. The highest BCUT2D eigenvalue weighted by molar-refractivity contribution is 7.17. The van der Waals surface area contributed by atoms with Crippen molar-refractivity contribution in [2.45, 2.75) is 12.5 Å². The first-order valence-corrected chi connectivity index (χ1v) is 8.57. The molecule has 4 heterocycles. The van der Waals surface area contributed by atoms with E-state index in [1.807, 2.05) is 11.4 Å². The lowest BCUT2D eigenvalue weighted by atomic mass is 10.2. The van der Waals surface area contributed by atoms with Crippen LogP contribution in [-0.2, 0) is 0 Å². The van der Waals surface area contributed by atoms with Crippen LogP contribution in [0.4, 0.5) is 5.82 Å². The summed E-state index contributed by atoms with van der Waals surface area (Å²) < 4.78 is 1.04. The highest BCUT2D eigenvalue weighted by atomic mass is 32.1. The maximum atomic E-state index is 11.4. The van der Waals surface area contributed by atoms with Crippen LogP contribution in [0.1, 0.15) is 16.9 Å². The molecule has 1 aliphatic heterocycles. The molecule has 3 aromatic rings. The molecule has 0 radical (unpaired) electrons. The Kier molecular flexibility index (Phi) is 3.83. The Morgan fingerprint density at radius 3 is 3.08 bits per heavy atom. The van der Waals surface area contributed by atoms with Gasteiger partial charge in [0.2, 0.25) is 0 Å². The van der Waals surface area contributed by atoms with E-state index in [9.17, 15) is 4.79 Å². The van der Waals surface area contributed by atoms with E-state index < -0.39 is 5.91 Å². The van der Waals surface area contributed by atoms with E-state index in [4.69, 9.17) is 5.73 Å². The number of hydrogen-bond acceptors (Lipinski definition) is 7. The summed E-state index contributed by atoms with van der Waals surface area (Å²) in [6, 6.07) is 5.73. The molecule has 0 spiro atoms. The molecule has 1 saturated heterocycles. The number of fused-ring (bicyclic) bond motifs is 1. The highest BCUT2D eigenvalue weighted by Gasteiger charge is 2.18. The molecule has 1 atom stereocenters. The van der Waals surface area contributed by atoms with Gasteiger partial charge >= 0.3 is 0 Å². The third-order valence-electron chi connectivity index (χ3n) is 3.98. The molecule has 0 bridgehead atoms. The van der Waals surface area contributed by atoms with Crippen molar-refractivity contribution in [1.82, 2.24) is 20.3 Å². The molecule has 0 unspecified atom stereocenters. The Hall–Kier alpha value is -2.58. The van der Waals surface area contributed by atoms with E-state index in [1.165, 1.54) is 0 Å².